The molecule has 0 aliphatic rings. The van der Waals surface area contributed by atoms with Crippen LogP contribution >= 0.6 is 0 Å². The molecular formula is C11H15N5. The van der Waals surface area contributed by atoms with Crippen molar-refractivity contribution in [2.45, 2.75) is 19.5 Å². The molecule has 84 valence electrons. The van der Waals surface area contributed by atoms with Crippen LogP contribution in [0.1, 0.15) is 24.2 Å². The van der Waals surface area contributed by atoms with Crippen LogP contribution in [0.5, 0.6) is 0 Å². The Labute approximate surface area is 94.5 Å². The third kappa shape index (κ3) is 2.64. The van der Waals surface area contributed by atoms with Crippen molar-refractivity contribution >= 4 is 0 Å². The van der Waals surface area contributed by atoms with Gasteiger partial charge in [0.15, 0.2) is 0 Å². The van der Waals surface area contributed by atoms with Crippen LogP contribution in [0.4, 0.5) is 0 Å². The molecule has 0 bridgehead atoms. The molecule has 5 nitrogen and oxygen atoms in total. The number of aryl methyl sites for hydroxylation is 1. The minimum atomic E-state index is 0.189. The number of rotatable bonds is 4. The zero-order valence-corrected chi connectivity index (χ0v) is 9.46. The lowest BCUT2D eigenvalue weighted by Crippen LogP contribution is -2.18. The lowest BCUT2D eigenvalue weighted by Gasteiger charge is -2.11. The summed E-state index contributed by atoms with van der Waals surface area (Å²) in [7, 11) is 1.91. The molecule has 2 aromatic rings. The van der Waals surface area contributed by atoms with E-state index in [0.717, 1.165) is 12.2 Å². The molecule has 0 saturated heterocycles. The largest absolute Gasteiger partial charge is 0.305 e. The van der Waals surface area contributed by atoms with Crippen LogP contribution in [0, 0.1) is 0 Å². The molecule has 0 saturated carbocycles. The molecule has 2 rings (SSSR count). The van der Waals surface area contributed by atoms with Gasteiger partial charge in [0.1, 0.15) is 0 Å². The summed E-state index contributed by atoms with van der Waals surface area (Å²) < 4.78 is 1.80. The zero-order chi connectivity index (χ0) is 11.4. The van der Waals surface area contributed by atoms with Crippen LogP contribution < -0.4 is 5.32 Å². The highest BCUT2D eigenvalue weighted by Gasteiger charge is 2.06. The van der Waals surface area contributed by atoms with E-state index in [-0.39, 0.29) is 6.04 Å². The average Bonchev–Trinajstić information content (AvgIpc) is 2.73. The Kier molecular flexibility index (Phi) is 3.26. The highest BCUT2D eigenvalue weighted by atomic mass is 15.2. The van der Waals surface area contributed by atoms with Crippen molar-refractivity contribution in [1.29, 1.82) is 0 Å². The lowest BCUT2D eigenvalue weighted by atomic mass is 10.2. The van der Waals surface area contributed by atoms with Crippen molar-refractivity contribution in [1.82, 2.24) is 25.1 Å². The highest BCUT2D eigenvalue weighted by Crippen LogP contribution is 2.07. The lowest BCUT2D eigenvalue weighted by molar-refractivity contribution is 0.559. The predicted molar refractivity (Wildman–Crippen MR) is 60.5 cm³/mol. The van der Waals surface area contributed by atoms with Gasteiger partial charge in [-0.25, -0.2) is 0 Å². The van der Waals surface area contributed by atoms with E-state index in [0.29, 0.717) is 0 Å². The Morgan fingerprint density at radius 2 is 2.25 bits per heavy atom. The smallest absolute Gasteiger partial charge is 0.0753 e. The van der Waals surface area contributed by atoms with Crippen LogP contribution in [0.25, 0.3) is 0 Å². The van der Waals surface area contributed by atoms with E-state index in [2.05, 4.69) is 27.3 Å². The first kappa shape index (κ1) is 10.8. The number of nitrogens with zero attached hydrogens (tertiary/aromatic N) is 4. The van der Waals surface area contributed by atoms with Crippen molar-refractivity contribution in [3.63, 3.8) is 0 Å². The maximum atomic E-state index is 4.25. The Bertz CT molecular complexity index is 437. The third-order valence-electron chi connectivity index (χ3n) is 2.40. The van der Waals surface area contributed by atoms with E-state index < -0.39 is 0 Å². The SMILES string of the molecule is CC(NCc1cnn(C)c1)c1cnccn1. The Morgan fingerprint density at radius 3 is 2.88 bits per heavy atom. The van der Waals surface area contributed by atoms with Gasteiger partial charge in [0.2, 0.25) is 0 Å². The Hall–Kier alpha value is -1.75. The monoisotopic (exact) mass is 217 g/mol. The maximum Gasteiger partial charge on any atom is 0.0753 e. The molecule has 0 aromatic carbocycles. The summed E-state index contributed by atoms with van der Waals surface area (Å²) in [6, 6.07) is 0.189. The van der Waals surface area contributed by atoms with E-state index in [9.17, 15) is 0 Å². The number of hydrogen-bond donors (Lipinski definition) is 1. The number of aromatic nitrogens is 4. The Balaban J connectivity index is 1.91. The summed E-state index contributed by atoms with van der Waals surface area (Å²) in [6.07, 6.45) is 9.02. The van der Waals surface area contributed by atoms with Gasteiger partial charge >= 0.3 is 0 Å². The van der Waals surface area contributed by atoms with Gasteiger partial charge in [-0.1, -0.05) is 0 Å². The molecule has 2 heterocycles. The van der Waals surface area contributed by atoms with Gasteiger partial charge in [0.25, 0.3) is 0 Å². The molecule has 0 radical (unpaired) electrons. The predicted octanol–water partition coefficient (Wildman–Crippen LogP) is 1.06. The molecule has 16 heavy (non-hydrogen) atoms. The molecule has 2 aromatic heterocycles. The summed E-state index contributed by atoms with van der Waals surface area (Å²) in [5.74, 6) is 0. The standard InChI is InChI=1S/C11H15N5/c1-9(11-7-12-3-4-13-11)14-5-10-6-15-16(2)8-10/h3-4,6-9,14H,5H2,1-2H3. The molecule has 0 spiro atoms. The molecule has 1 N–H and O–H groups in total. The van der Waals surface area contributed by atoms with Crippen LogP contribution in [0.3, 0.4) is 0 Å². The highest BCUT2D eigenvalue weighted by molar-refractivity contribution is 5.05. The second-order valence-electron chi connectivity index (χ2n) is 3.76. The van der Waals surface area contributed by atoms with E-state index >= 15 is 0 Å². The molecule has 0 fully saturated rings. The minimum Gasteiger partial charge on any atom is -0.305 e. The number of hydrogen-bond acceptors (Lipinski definition) is 4. The molecular weight excluding hydrogens is 202 g/mol. The van der Waals surface area contributed by atoms with Crippen LogP contribution in [0.2, 0.25) is 0 Å². The molecule has 1 unspecified atom stereocenters. The fourth-order valence-corrected chi connectivity index (χ4v) is 1.47. The third-order valence-corrected chi connectivity index (χ3v) is 2.40. The first-order valence-corrected chi connectivity index (χ1v) is 5.22. The van der Waals surface area contributed by atoms with Gasteiger partial charge < -0.3 is 5.32 Å². The van der Waals surface area contributed by atoms with Crippen LogP contribution in [-0.2, 0) is 13.6 Å². The van der Waals surface area contributed by atoms with Gasteiger partial charge in [-0.2, -0.15) is 5.10 Å². The molecule has 5 heteroatoms. The summed E-state index contributed by atoms with van der Waals surface area (Å²) in [5, 5.41) is 7.49. The minimum absolute atomic E-state index is 0.189. The van der Waals surface area contributed by atoms with Crippen LogP contribution in [0.15, 0.2) is 31.0 Å². The van der Waals surface area contributed by atoms with Gasteiger partial charge in [0, 0.05) is 50.0 Å². The fraction of sp³-hybridized carbons (Fsp3) is 0.364. The van der Waals surface area contributed by atoms with E-state index in [1.54, 1.807) is 23.3 Å². The molecule has 0 amide bonds. The summed E-state index contributed by atoms with van der Waals surface area (Å²) >= 11 is 0. The van der Waals surface area contributed by atoms with E-state index in [4.69, 9.17) is 0 Å². The van der Waals surface area contributed by atoms with Crippen molar-refractivity contribution in [2.75, 3.05) is 0 Å². The zero-order valence-electron chi connectivity index (χ0n) is 9.46. The van der Waals surface area contributed by atoms with Gasteiger partial charge in [-0.05, 0) is 6.92 Å². The van der Waals surface area contributed by atoms with Gasteiger partial charge in [-0.3, -0.25) is 14.6 Å². The Morgan fingerprint density at radius 1 is 1.38 bits per heavy atom. The average molecular weight is 217 g/mol. The van der Waals surface area contributed by atoms with Gasteiger partial charge in [-0.15, -0.1) is 0 Å². The van der Waals surface area contributed by atoms with E-state index in [1.807, 2.05) is 19.4 Å². The van der Waals surface area contributed by atoms with Crippen molar-refractivity contribution in [3.05, 3.63) is 42.2 Å². The van der Waals surface area contributed by atoms with Crippen molar-refractivity contribution in [3.8, 4) is 0 Å². The van der Waals surface area contributed by atoms with Crippen molar-refractivity contribution in [2.24, 2.45) is 7.05 Å². The first-order chi connectivity index (χ1) is 7.75. The normalized spacial score (nSPS) is 12.6. The fourth-order valence-electron chi connectivity index (χ4n) is 1.47. The van der Waals surface area contributed by atoms with Crippen molar-refractivity contribution < 1.29 is 0 Å². The quantitative estimate of drug-likeness (QED) is 0.832. The van der Waals surface area contributed by atoms with Crippen LogP contribution in [-0.4, -0.2) is 19.7 Å². The number of nitrogens with one attached hydrogen (secondary N) is 1. The molecule has 0 aliphatic heterocycles. The summed E-state index contributed by atoms with van der Waals surface area (Å²) in [4.78, 5) is 8.30. The summed E-state index contributed by atoms with van der Waals surface area (Å²) in [6.45, 7) is 2.85. The topological polar surface area (TPSA) is 55.6 Å². The molecule has 0 aliphatic carbocycles. The second kappa shape index (κ2) is 4.85. The van der Waals surface area contributed by atoms with Gasteiger partial charge in [0.05, 0.1) is 11.9 Å². The second-order valence-corrected chi connectivity index (χ2v) is 3.76. The van der Waals surface area contributed by atoms with E-state index in [1.165, 1.54) is 5.56 Å². The maximum absolute atomic E-state index is 4.25. The molecule has 1 atom stereocenters. The summed E-state index contributed by atoms with van der Waals surface area (Å²) in [5.41, 5.74) is 2.12. The first-order valence-electron chi connectivity index (χ1n) is 5.22.